The van der Waals surface area contributed by atoms with Crippen molar-refractivity contribution in [2.24, 2.45) is 0 Å². The minimum atomic E-state index is -3.92. The van der Waals surface area contributed by atoms with Gasteiger partial charge in [0.15, 0.2) is 11.5 Å². The normalized spacial score (nSPS) is 13.2. The third-order valence-electron chi connectivity index (χ3n) is 4.75. The lowest BCUT2D eigenvalue weighted by molar-refractivity contribution is 0.0951. The molecule has 0 saturated carbocycles. The largest absolute Gasteiger partial charge is 0.490 e. The molecule has 0 bridgehead atoms. The van der Waals surface area contributed by atoms with Crippen molar-refractivity contribution in [1.82, 2.24) is 5.32 Å². The Morgan fingerprint density at radius 1 is 0.938 bits per heavy atom. The second kappa shape index (κ2) is 9.27. The van der Waals surface area contributed by atoms with Gasteiger partial charge in [-0.1, -0.05) is 18.2 Å². The summed E-state index contributed by atoms with van der Waals surface area (Å²) in [5.41, 5.74) is 1.11. The zero-order valence-electron chi connectivity index (χ0n) is 17.0. The number of anilines is 1. The standard InChI is InChI=1S/C23H21FN2O5S/c24-18-6-1-4-16(12-18)15-25-23(27)17-5-2-7-19(13-17)26-32(28,29)20-8-9-21-22(14-20)31-11-3-10-30-21/h1-2,4-9,12-14,26H,3,10-11,15H2,(H,25,27). The second-order valence-electron chi connectivity index (χ2n) is 7.16. The van der Waals surface area contributed by atoms with Gasteiger partial charge in [-0.2, -0.15) is 0 Å². The van der Waals surface area contributed by atoms with Crippen LogP contribution in [-0.4, -0.2) is 27.5 Å². The van der Waals surface area contributed by atoms with Crippen molar-refractivity contribution >= 4 is 21.6 Å². The van der Waals surface area contributed by atoms with Crippen LogP contribution in [0.15, 0.2) is 71.6 Å². The summed E-state index contributed by atoms with van der Waals surface area (Å²) in [6.45, 7) is 1.09. The molecule has 1 heterocycles. The lowest BCUT2D eigenvalue weighted by Gasteiger charge is -2.12. The van der Waals surface area contributed by atoms with Gasteiger partial charge in [0.1, 0.15) is 5.82 Å². The molecule has 32 heavy (non-hydrogen) atoms. The molecule has 0 atom stereocenters. The quantitative estimate of drug-likeness (QED) is 0.590. The predicted octanol–water partition coefficient (Wildman–Crippen LogP) is 3.72. The number of carbonyl (C=O) groups excluding carboxylic acids is 1. The van der Waals surface area contributed by atoms with Crippen LogP contribution < -0.4 is 19.5 Å². The number of amides is 1. The Bertz CT molecular complexity index is 1250. The van der Waals surface area contributed by atoms with Crippen molar-refractivity contribution < 1.29 is 27.1 Å². The topological polar surface area (TPSA) is 93.7 Å². The van der Waals surface area contributed by atoms with Crippen LogP contribution in [0.1, 0.15) is 22.3 Å². The van der Waals surface area contributed by atoms with Crippen molar-refractivity contribution in [3.05, 3.63) is 83.7 Å². The summed E-state index contributed by atoms with van der Waals surface area (Å²) >= 11 is 0. The van der Waals surface area contributed by atoms with Gasteiger partial charge < -0.3 is 14.8 Å². The van der Waals surface area contributed by atoms with E-state index in [0.717, 1.165) is 0 Å². The average molecular weight is 456 g/mol. The molecule has 0 spiro atoms. The lowest BCUT2D eigenvalue weighted by Crippen LogP contribution is -2.23. The number of hydrogen-bond donors (Lipinski definition) is 2. The average Bonchev–Trinajstić information content (AvgIpc) is 3.02. The summed E-state index contributed by atoms with van der Waals surface area (Å²) in [6.07, 6.45) is 0.711. The van der Waals surface area contributed by atoms with Gasteiger partial charge in [0, 0.05) is 30.3 Å². The van der Waals surface area contributed by atoms with E-state index in [9.17, 15) is 17.6 Å². The highest BCUT2D eigenvalue weighted by atomic mass is 32.2. The van der Waals surface area contributed by atoms with Crippen LogP contribution >= 0.6 is 0 Å². The minimum absolute atomic E-state index is 0.0164. The van der Waals surface area contributed by atoms with Gasteiger partial charge in [0.25, 0.3) is 15.9 Å². The molecular formula is C23H21FN2O5S. The first-order chi connectivity index (χ1) is 15.4. The maximum atomic E-state index is 13.3. The third-order valence-corrected chi connectivity index (χ3v) is 6.13. The van der Waals surface area contributed by atoms with Gasteiger partial charge in [-0.05, 0) is 48.0 Å². The van der Waals surface area contributed by atoms with Gasteiger partial charge in [-0.3, -0.25) is 9.52 Å². The van der Waals surface area contributed by atoms with Crippen LogP contribution in [0.2, 0.25) is 0 Å². The number of ether oxygens (including phenoxy) is 2. The number of carbonyl (C=O) groups is 1. The molecule has 0 saturated heterocycles. The van der Waals surface area contributed by atoms with Gasteiger partial charge >= 0.3 is 0 Å². The summed E-state index contributed by atoms with van der Waals surface area (Å²) < 4.78 is 52.6. The number of rotatable bonds is 6. The fourth-order valence-corrected chi connectivity index (χ4v) is 4.24. The van der Waals surface area contributed by atoms with E-state index in [0.29, 0.717) is 36.7 Å². The molecular weight excluding hydrogens is 435 g/mol. The summed E-state index contributed by atoms with van der Waals surface area (Å²) in [6, 6.07) is 16.4. The molecule has 1 aliphatic heterocycles. The van der Waals surface area contributed by atoms with Crippen LogP contribution in [0.5, 0.6) is 11.5 Å². The second-order valence-corrected chi connectivity index (χ2v) is 8.84. The monoisotopic (exact) mass is 456 g/mol. The Hall–Kier alpha value is -3.59. The Morgan fingerprint density at radius 2 is 1.72 bits per heavy atom. The van der Waals surface area contributed by atoms with E-state index < -0.39 is 15.9 Å². The number of nitrogens with one attached hydrogen (secondary N) is 2. The number of sulfonamides is 1. The highest BCUT2D eigenvalue weighted by Gasteiger charge is 2.19. The fourth-order valence-electron chi connectivity index (χ4n) is 3.18. The maximum Gasteiger partial charge on any atom is 0.262 e. The summed E-state index contributed by atoms with van der Waals surface area (Å²) in [5.74, 6) is 0.0723. The van der Waals surface area contributed by atoms with Crippen LogP contribution in [-0.2, 0) is 16.6 Å². The molecule has 4 rings (SSSR count). The molecule has 7 nitrogen and oxygen atoms in total. The summed E-state index contributed by atoms with van der Waals surface area (Å²) in [4.78, 5) is 12.5. The van der Waals surface area contributed by atoms with E-state index in [1.807, 2.05) is 0 Å². The van der Waals surface area contributed by atoms with E-state index >= 15 is 0 Å². The fraction of sp³-hybridized carbons (Fsp3) is 0.174. The number of hydrogen-bond acceptors (Lipinski definition) is 5. The first-order valence-corrected chi connectivity index (χ1v) is 11.4. The predicted molar refractivity (Wildman–Crippen MR) is 117 cm³/mol. The first kappa shape index (κ1) is 21.6. The number of benzene rings is 3. The van der Waals surface area contributed by atoms with E-state index in [-0.39, 0.29) is 28.5 Å². The minimum Gasteiger partial charge on any atom is -0.490 e. The van der Waals surface area contributed by atoms with Crippen molar-refractivity contribution in [3.8, 4) is 11.5 Å². The molecule has 166 valence electrons. The molecule has 1 amide bonds. The molecule has 3 aromatic rings. The van der Waals surface area contributed by atoms with Crippen molar-refractivity contribution in [3.63, 3.8) is 0 Å². The molecule has 0 unspecified atom stereocenters. The molecule has 2 N–H and O–H groups in total. The zero-order chi connectivity index (χ0) is 22.6. The summed E-state index contributed by atoms with van der Waals surface area (Å²) in [5, 5.41) is 2.69. The lowest BCUT2D eigenvalue weighted by atomic mass is 10.1. The Kier molecular flexibility index (Phi) is 6.27. The molecule has 0 aromatic heterocycles. The van der Waals surface area contributed by atoms with Crippen LogP contribution in [0.25, 0.3) is 0 Å². The maximum absolute atomic E-state index is 13.3. The number of fused-ring (bicyclic) bond motifs is 1. The highest BCUT2D eigenvalue weighted by molar-refractivity contribution is 7.92. The van der Waals surface area contributed by atoms with Crippen LogP contribution in [0.3, 0.4) is 0 Å². The summed E-state index contributed by atoms with van der Waals surface area (Å²) in [7, 11) is -3.92. The molecule has 1 aliphatic rings. The Labute approximate surface area is 185 Å². The zero-order valence-corrected chi connectivity index (χ0v) is 17.8. The first-order valence-electron chi connectivity index (χ1n) is 9.96. The van der Waals surface area contributed by atoms with Gasteiger partial charge in [0.2, 0.25) is 0 Å². The van der Waals surface area contributed by atoms with E-state index in [1.165, 1.54) is 30.3 Å². The third kappa shape index (κ3) is 5.17. The molecule has 0 aliphatic carbocycles. The van der Waals surface area contributed by atoms with Crippen LogP contribution in [0.4, 0.5) is 10.1 Å². The van der Waals surface area contributed by atoms with Gasteiger partial charge in [0.05, 0.1) is 18.1 Å². The Morgan fingerprint density at radius 3 is 2.53 bits per heavy atom. The SMILES string of the molecule is O=C(NCc1cccc(F)c1)c1cccc(NS(=O)(=O)c2ccc3c(c2)OCCCO3)c1. The Balaban J connectivity index is 1.47. The van der Waals surface area contributed by atoms with Gasteiger partial charge in [-0.25, -0.2) is 12.8 Å². The van der Waals surface area contributed by atoms with Crippen molar-refractivity contribution in [2.75, 3.05) is 17.9 Å². The van der Waals surface area contributed by atoms with Gasteiger partial charge in [-0.15, -0.1) is 0 Å². The van der Waals surface area contributed by atoms with Crippen molar-refractivity contribution in [1.29, 1.82) is 0 Å². The van der Waals surface area contributed by atoms with Crippen molar-refractivity contribution in [2.45, 2.75) is 17.9 Å². The number of halogens is 1. The smallest absolute Gasteiger partial charge is 0.262 e. The molecule has 0 fully saturated rings. The van der Waals surface area contributed by atoms with Crippen LogP contribution in [0, 0.1) is 5.82 Å². The highest BCUT2D eigenvalue weighted by Crippen LogP contribution is 2.32. The van der Waals surface area contributed by atoms with E-state index in [4.69, 9.17) is 9.47 Å². The molecule has 0 radical (unpaired) electrons. The molecule has 3 aromatic carbocycles. The van der Waals surface area contributed by atoms with E-state index in [2.05, 4.69) is 10.0 Å². The van der Waals surface area contributed by atoms with E-state index in [1.54, 1.807) is 36.4 Å². The molecule has 9 heteroatoms.